The summed E-state index contributed by atoms with van der Waals surface area (Å²) in [5.74, 6) is -2.96. The zero-order chi connectivity index (χ0) is 22.8. The fourth-order valence-electron chi connectivity index (χ4n) is 4.88. The van der Waals surface area contributed by atoms with Crippen molar-refractivity contribution in [2.75, 3.05) is 6.61 Å². The molecule has 1 fully saturated rings. The summed E-state index contributed by atoms with van der Waals surface area (Å²) >= 11 is 0. The number of hydrogen-bond acceptors (Lipinski definition) is 3. The summed E-state index contributed by atoms with van der Waals surface area (Å²) in [7, 11) is 0. The second-order valence-electron chi connectivity index (χ2n) is 8.96. The molecule has 0 amide bonds. The molecule has 166 valence electrons. The molecule has 0 saturated carbocycles. The van der Waals surface area contributed by atoms with Crippen molar-refractivity contribution in [1.29, 1.82) is 0 Å². The number of carboxylic acid groups (broad SMARTS) is 1. The van der Waals surface area contributed by atoms with E-state index in [1.54, 1.807) is 19.2 Å². The average Bonchev–Trinajstić information content (AvgIpc) is 3.43. The minimum absolute atomic E-state index is 0.0265. The van der Waals surface area contributed by atoms with Crippen molar-refractivity contribution >= 4 is 27.8 Å². The number of H-pyrrole nitrogens is 1. The minimum Gasteiger partial charge on any atom is -0.479 e. The predicted molar refractivity (Wildman–Crippen MR) is 116 cm³/mol. The molecule has 3 heterocycles. The van der Waals surface area contributed by atoms with Crippen molar-refractivity contribution in [3.8, 4) is 5.69 Å². The average molecular weight is 439 g/mol. The minimum atomic E-state index is -1.27. The van der Waals surface area contributed by atoms with E-state index in [0.717, 1.165) is 39.1 Å². The van der Waals surface area contributed by atoms with Gasteiger partial charge in [0.1, 0.15) is 0 Å². The Hall–Kier alpha value is -3.26. The molecule has 2 aromatic heterocycles. The summed E-state index contributed by atoms with van der Waals surface area (Å²) in [6.45, 7) is 5.92. The monoisotopic (exact) mass is 439 g/mol. The normalized spacial score (nSPS) is 21.2. The van der Waals surface area contributed by atoms with E-state index in [1.165, 1.54) is 6.07 Å². The Morgan fingerprint density at radius 2 is 2.06 bits per heavy atom. The van der Waals surface area contributed by atoms with E-state index in [2.05, 4.69) is 10.2 Å². The Bertz CT molecular complexity index is 1370. The molecule has 6 nitrogen and oxygen atoms in total. The first kappa shape index (κ1) is 20.6. The van der Waals surface area contributed by atoms with E-state index in [4.69, 9.17) is 4.74 Å². The smallest absolute Gasteiger partial charge is 0.335 e. The fourth-order valence-corrected chi connectivity index (χ4v) is 4.88. The van der Waals surface area contributed by atoms with Crippen molar-refractivity contribution in [2.24, 2.45) is 0 Å². The van der Waals surface area contributed by atoms with Crippen LogP contribution in [0.1, 0.15) is 50.3 Å². The molecule has 0 unspecified atom stereocenters. The number of nitrogens with one attached hydrogen (secondary N) is 1. The van der Waals surface area contributed by atoms with Gasteiger partial charge in [-0.3, -0.25) is 5.10 Å². The maximum Gasteiger partial charge on any atom is 0.335 e. The lowest BCUT2D eigenvalue weighted by atomic mass is 9.86. The van der Waals surface area contributed by atoms with Gasteiger partial charge in [0.15, 0.2) is 17.2 Å². The molecule has 0 radical (unpaired) electrons. The lowest BCUT2D eigenvalue weighted by molar-refractivity contribution is -0.157. The number of ether oxygens (including phenoxy) is 1. The number of aliphatic carboxylic acids is 1. The lowest BCUT2D eigenvalue weighted by Crippen LogP contribution is -2.34. The number of aromatic nitrogens is 3. The third-order valence-corrected chi connectivity index (χ3v) is 6.41. The summed E-state index contributed by atoms with van der Waals surface area (Å²) < 4.78 is 35.6. The maximum atomic E-state index is 14.2. The molecular formula is C24H23F2N3O3. The first-order valence-electron chi connectivity index (χ1n) is 10.5. The third kappa shape index (κ3) is 3.01. The van der Waals surface area contributed by atoms with E-state index in [1.807, 2.05) is 30.5 Å². The molecular weight excluding hydrogens is 416 g/mol. The molecule has 8 heteroatoms. The molecule has 0 spiro atoms. The van der Waals surface area contributed by atoms with E-state index in [9.17, 15) is 18.7 Å². The van der Waals surface area contributed by atoms with Crippen LogP contribution in [0, 0.1) is 11.6 Å². The van der Waals surface area contributed by atoms with Gasteiger partial charge in [-0.05, 0) is 49.1 Å². The molecule has 5 rings (SSSR count). The van der Waals surface area contributed by atoms with Crippen LogP contribution < -0.4 is 0 Å². The van der Waals surface area contributed by atoms with Crippen LogP contribution in [0.15, 0.2) is 36.5 Å². The van der Waals surface area contributed by atoms with Crippen LogP contribution in [-0.4, -0.2) is 38.0 Å². The highest BCUT2D eigenvalue weighted by Gasteiger charge is 2.45. The molecule has 1 aliphatic heterocycles. The summed E-state index contributed by atoms with van der Waals surface area (Å²) in [6.07, 6.45) is 2.03. The summed E-state index contributed by atoms with van der Waals surface area (Å²) in [5, 5.41) is 18.6. The number of nitrogens with zero attached hydrogens (tertiary/aromatic N) is 2. The molecule has 4 aromatic rings. The fraction of sp³-hybridized carbons (Fsp3) is 0.333. The Morgan fingerprint density at radius 1 is 1.28 bits per heavy atom. The van der Waals surface area contributed by atoms with Gasteiger partial charge in [-0.15, -0.1) is 0 Å². The van der Waals surface area contributed by atoms with Gasteiger partial charge in [0.05, 0.1) is 23.8 Å². The van der Waals surface area contributed by atoms with Crippen molar-refractivity contribution in [3.05, 3.63) is 59.4 Å². The molecule has 32 heavy (non-hydrogen) atoms. The van der Waals surface area contributed by atoms with Gasteiger partial charge >= 0.3 is 5.97 Å². The van der Waals surface area contributed by atoms with Crippen LogP contribution in [0.25, 0.3) is 27.5 Å². The first-order chi connectivity index (χ1) is 15.2. The van der Waals surface area contributed by atoms with E-state index < -0.39 is 23.2 Å². The van der Waals surface area contributed by atoms with Gasteiger partial charge in [0.25, 0.3) is 0 Å². The first-order valence-corrected chi connectivity index (χ1v) is 10.5. The molecule has 2 atom stereocenters. The van der Waals surface area contributed by atoms with Crippen LogP contribution in [0.4, 0.5) is 8.78 Å². The Kier molecular flexibility index (Phi) is 4.60. The highest BCUT2D eigenvalue weighted by molar-refractivity contribution is 5.99. The van der Waals surface area contributed by atoms with Crippen LogP contribution in [0.2, 0.25) is 0 Å². The largest absolute Gasteiger partial charge is 0.479 e. The molecule has 0 bridgehead atoms. The number of carboxylic acids is 1. The highest BCUT2D eigenvalue weighted by atomic mass is 19.2. The molecule has 1 saturated heterocycles. The molecule has 2 N–H and O–H groups in total. The predicted octanol–water partition coefficient (Wildman–Crippen LogP) is 5.26. The van der Waals surface area contributed by atoms with Crippen LogP contribution in [0.5, 0.6) is 0 Å². The zero-order valence-corrected chi connectivity index (χ0v) is 17.9. The second-order valence-corrected chi connectivity index (χ2v) is 8.96. The summed E-state index contributed by atoms with van der Waals surface area (Å²) in [5.41, 5.74) is 2.81. The van der Waals surface area contributed by atoms with Gasteiger partial charge in [-0.2, -0.15) is 5.10 Å². The number of fused-ring (bicyclic) bond motifs is 2. The standard InChI is InChI=1S/C24H23F2N3O3/c1-12(2)22-21(14-9-24(3,23(30)31)32-11-14)16-8-19-13(10-27-28-19)6-20(16)29(22)15-4-5-17(25)18(26)7-15/h4-8,10,12,14H,9,11H2,1-3H3,(H,27,28)(H,30,31)/t14-,24+/m0/s1. The number of carbonyl (C=O) groups is 1. The summed E-state index contributed by atoms with van der Waals surface area (Å²) in [6, 6.07) is 7.83. The molecule has 2 aromatic carbocycles. The second kappa shape index (κ2) is 7.13. The number of aromatic amines is 1. The Morgan fingerprint density at radius 3 is 2.72 bits per heavy atom. The maximum absolute atomic E-state index is 14.2. The van der Waals surface area contributed by atoms with Crippen LogP contribution in [0.3, 0.4) is 0 Å². The van der Waals surface area contributed by atoms with Gasteiger partial charge in [0.2, 0.25) is 0 Å². The molecule has 0 aliphatic carbocycles. The SMILES string of the molecule is CC(C)c1c([C@@H]2CO[C@@](C)(C(=O)O)C2)c2cc3[nH]ncc3cc2n1-c1ccc(F)c(F)c1. The van der Waals surface area contributed by atoms with Gasteiger partial charge in [-0.25, -0.2) is 13.6 Å². The quantitative estimate of drug-likeness (QED) is 0.455. The third-order valence-electron chi connectivity index (χ3n) is 6.41. The number of hydrogen-bond donors (Lipinski definition) is 2. The number of halogens is 2. The van der Waals surface area contributed by atoms with Crippen molar-refractivity contribution in [2.45, 2.75) is 44.6 Å². The van der Waals surface area contributed by atoms with Crippen molar-refractivity contribution in [3.63, 3.8) is 0 Å². The lowest BCUT2D eigenvalue weighted by Gasteiger charge is -2.19. The van der Waals surface area contributed by atoms with Crippen molar-refractivity contribution < 1.29 is 23.4 Å². The highest BCUT2D eigenvalue weighted by Crippen LogP contribution is 2.45. The molecule has 1 aliphatic rings. The van der Waals surface area contributed by atoms with Crippen LogP contribution in [-0.2, 0) is 9.53 Å². The van der Waals surface area contributed by atoms with E-state index in [0.29, 0.717) is 12.1 Å². The number of rotatable bonds is 4. The Labute approximate surface area is 182 Å². The zero-order valence-electron chi connectivity index (χ0n) is 17.9. The van der Waals surface area contributed by atoms with Gasteiger partial charge < -0.3 is 14.4 Å². The van der Waals surface area contributed by atoms with Crippen molar-refractivity contribution in [1.82, 2.24) is 14.8 Å². The summed E-state index contributed by atoms with van der Waals surface area (Å²) in [4.78, 5) is 11.8. The van der Waals surface area contributed by atoms with E-state index in [-0.39, 0.29) is 18.4 Å². The number of benzene rings is 2. The van der Waals surface area contributed by atoms with E-state index >= 15 is 0 Å². The van der Waals surface area contributed by atoms with Gasteiger partial charge in [-0.1, -0.05) is 13.8 Å². The Balaban J connectivity index is 1.84. The van der Waals surface area contributed by atoms with Crippen LogP contribution >= 0.6 is 0 Å². The topological polar surface area (TPSA) is 80.1 Å². The van der Waals surface area contributed by atoms with Gasteiger partial charge in [0, 0.05) is 34.1 Å².